The monoisotopic (exact) mass is 488 g/mol. The number of nitrogens with one attached hydrogen (secondary N) is 1. The van der Waals surface area contributed by atoms with Crippen molar-refractivity contribution in [3.8, 4) is 11.5 Å². The number of rotatable bonds is 11. The number of carbonyl (C=O) groups excluding carboxylic acids is 1. The Balaban J connectivity index is 1.36. The Morgan fingerprint density at radius 3 is 2.53 bits per heavy atom. The molecule has 1 aliphatic heterocycles. The molecule has 2 aromatic carbocycles. The maximum Gasteiger partial charge on any atom is 0.255 e. The van der Waals surface area contributed by atoms with Gasteiger partial charge < -0.3 is 19.7 Å². The number of benzene rings is 2. The number of unbranched alkanes of at least 4 members (excludes halogenated alkanes) is 1. The number of ether oxygens (including phenoxy) is 2. The van der Waals surface area contributed by atoms with E-state index in [4.69, 9.17) is 9.47 Å². The summed E-state index contributed by atoms with van der Waals surface area (Å²) in [5, 5.41) is 3.11. The van der Waals surface area contributed by atoms with Crippen LogP contribution in [0.1, 0.15) is 35.7 Å². The van der Waals surface area contributed by atoms with E-state index in [2.05, 4.69) is 45.2 Å². The lowest BCUT2D eigenvalue weighted by molar-refractivity contribution is 0.102. The topological polar surface area (TPSA) is 66.9 Å². The Bertz CT molecular complexity index is 1110. The van der Waals surface area contributed by atoms with Gasteiger partial charge in [0.1, 0.15) is 0 Å². The molecule has 7 nitrogen and oxygen atoms in total. The van der Waals surface area contributed by atoms with Gasteiger partial charge in [-0.3, -0.25) is 14.7 Å². The summed E-state index contributed by atoms with van der Waals surface area (Å²) in [5.74, 6) is 1.05. The van der Waals surface area contributed by atoms with Crippen molar-refractivity contribution in [2.45, 2.75) is 26.2 Å². The van der Waals surface area contributed by atoms with Crippen LogP contribution in [0.25, 0.3) is 0 Å². The Kier molecular flexibility index (Phi) is 9.16. The van der Waals surface area contributed by atoms with Crippen molar-refractivity contribution in [1.29, 1.82) is 0 Å². The molecule has 36 heavy (non-hydrogen) atoms. The lowest BCUT2D eigenvalue weighted by atomic mass is 10.1. The highest BCUT2D eigenvalue weighted by atomic mass is 16.5. The number of nitrogens with zero attached hydrogens (tertiary/aromatic N) is 3. The molecule has 0 aliphatic carbocycles. The number of aromatic nitrogens is 1. The highest BCUT2D eigenvalue weighted by Gasteiger charge is 2.20. The van der Waals surface area contributed by atoms with Gasteiger partial charge in [0.15, 0.2) is 11.5 Å². The van der Waals surface area contributed by atoms with E-state index in [1.807, 2.05) is 30.6 Å². The first kappa shape index (κ1) is 25.5. The van der Waals surface area contributed by atoms with Crippen molar-refractivity contribution in [3.63, 3.8) is 0 Å². The number of pyridine rings is 1. The molecule has 1 aromatic heterocycles. The summed E-state index contributed by atoms with van der Waals surface area (Å²) < 4.78 is 11.3. The number of amides is 1. The first-order valence-corrected chi connectivity index (χ1v) is 12.8. The third-order valence-electron chi connectivity index (χ3n) is 6.51. The average Bonchev–Trinajstić information content (AvgIpc) is 2.93. The van der Waals surface area contributed by atoms with E-state index in [0.717, 1.165) is 63.4 Å². The number of hydrogen-bond acceptors (Lipinski definition) is 6. The molecule has 0 spiro atoms. The van der Waals surface area contributed by atoms with Gasteiger partial charge in [0.05, 0.1) is 25.1 Å². The van der Waals surface area contributed by atoms with Crippen LogP contribution in [-0.2, 0) is 6.42 Å². The molecule has 1 N–H and O–H groups in total. The Hall–Kier alpha value is -3.58. The van der Waals surface area contributed by atoms with Gasteiger partial charge in [-0.15, -0.1) is 0 Å². The zero-order chi connectivity index (χ0) is 25.2. The fourth-order valence-corrected chi connectivity index (χ4v) is 4.35. The Morgan fingerprint density at radius 1 is 1.00 bits per heavy atom. The van der Waals surface area contributed by atoms with Crippen LogP contribution < -0.4 is 19.7 Å². The molecule has 0 radical (unpaired) electrons. The highest BCUT2D eigenvalue weighted by Crippen LogP contribution is 2.30. The molecule has 0 bridgehead atoms. The standard InChI is InChI=1S/C29H36N4O3/c1-3-4-21-36-27-10-9-24(22-28(27)35-2)29(34)31-25-7-5-6-8-26(25)33-19-17-32(18-20-33)16-13-23-11-14-30-15-12-23/h5-12,14-15,22H,3-4,13,16-21H2,1-2H3,(H,31,34). The molecule has 2 heterocycles. The van der Waals surface area contributed by atoms with Crippen molar-refractivity contribution in [2.24, 2.45) is 0 Å². The van der Waals surface area contributed by atoms with Crippen LogP contribution in [0, 0.1) is 0 Å². The lowest BCUT2D eigenvalue weighted by Crippen LogP contribution is -2.47. The van der Waals surface area contributed by atoms with Crippen LogP contribution in [0.15, 0.2) is 67.0 Å². The van der Waals surface area contributed by atoms with Gasteiger partial charge in [-0.1, -0.05) is 25.5 Å². The second-order valence-electron chi connectivity index (χ2n) is 8.97. The molecule has 0 atom stereocenters. The van der Waals surface area contributed by atoms with E-state index >= 15 is 0 Å². The fourth-order valence-electron chi connectivity index (χ4n) is 4.35. The first-order chi connectivity index (χ1) is 17.7. The SMILES string of the molecule is CCCCOc1ccc(C(=O)Nc2ccccc2N2CCN(CCc3ccncc3)CC2)cc1OC. The van der Waals surface area contributed by atoms with Crippen molar-refractivity contribution >= 4 is 17.3 Å². The van der Waals surface area contributed by atoms with Crippen LogP contribution in [0.3, 0.4) is 0 Å². The molecule has 3 aromatic rings. The second kappa shape index (κ2) is 12.9. The quantitative estimate of drug-likeness (QED) is 0.388. The number of para-hydroxylation sites is 2. The van der Waals surface area contributed by atoms with Gasteiger partial charge in [-0.2, -0.15) is 0 Å². The molecular weight excluding hydrogens is 452 g/mol. The summed E-state index contributed by atoms with van der Waals surface area (Å²) in [5.41, 5.74) is 3.71. The summed E-state index contributed by atoms with van der Waals surface area (Å²) in [4.78, 5) is 22.1. The molecule has 190 valence electrons. The van der Waals surface area contributed by atoms with Gasteiger partial charge in [0.25, 0.3) is 5.91 Å². The molecule has 1 fully saturated rings. The summed E-state index contributed by atoms with van der Waals surface area (Å²) in [7, 11) is 1.59. The van der Waals surface area contributed by atoms with Crippen molar-refractivity contribution in [3.05, 3.63) is 78.1 Å². The van der Waals surface area contributed by atoms with Gasteiger partial charge in [0, 0.05) is 50.7 Å². The first-order valence-electron chi connectivity index (χ1n) is 12.8. The smallest absolute Gasteiger partial charge is 0.255 e. The number of anilines is 2. The van der Waals surface area contributed by atoms with E-state index in [1.54, 1.807) is 25.3 Å². The number of piperazine rings is 1. The molecule has 4 rings (SSSR count). The largest absolute Gasteiger partial charge is 0.493 e. The number of hydrogen-bond donors (Lipinski definition) is 1. The predicted molar refractivity (Wildman–Crippen MR) is 144 cm³/mol. The van der Waals surface area contributed by atoms with E-state index in [9.17, 15) is 4.79 Å². The van der Waals surface area contributed by atoms with Gasteiger partial charge in [0.2, 0.25) is 0 Å². The molecule has 7 heteroatoms. The minimum Gasteiger partial charge on any atom is -0.493 e. The van der Waals surface area contributed by atoms with E-state index < -0.39 is 0 Å². The predicted octanol–water partition coefficient (Wildman–Crippen LogP) is 4.89. The summed E-state index contributed by atoms with van der Waals surface area (Å²) in [6.07, 6.45) is 6.76. The molecule has 1 amide bonds. The Morgan fingerprint density at radius 2 is 1.78 bits per heavy atom. The Labute approximate surface area is 214 Å². The summed E-state index contributed by atoms with van der Waals surface area (Å²) in [6, 6.07) is 17.5. The van der Waals surface area contributed by atoms with Crippen LogP contribution in [0.5, 0.6) is 11.5 Å². The number of carbonyl (C=O) groups is 1. The second-order valence-corrected chi connectivity index (χ2v) is 8.97. The van der Waals surface area contributed by atoms with Crippen LogP contribution in [0.2, 0.25) is 0 Å². The summed E-state index contributed by atoms with van der Waals surface area (Å²) >= 11 is 0. The minimum absolute atomic E-state index is 0.170. The molecule has 1 aliphatic rings. The molecule has 0 unspecified atom stereocenters. The molecular formula is C29H36N4O3. The van der Waals surface area contributed by atoms with Crippen molar-refractivity contribution in [1.82, 2.24) is 9.88 Å². The minimum atomic E-state index is -0.170. The average molecular weight is 489 g/mol. The zero-order valence-electron chi connectivity index (χ0n) is 21.3. The third-order valence-corrected chi connectivity index (χ3v) is 6.51. The highest BCUT2D eigenvalue weighted by molar-refractivity contribution is 6.06. The van der Waals surface area contributed by atoms with Crippen LogP contribution >= 0.6 is 0 Å². The van der Waals surface area contributed by atoms with Gasteiger partial charge in [-0.05, 0) is 60.9 Å². The van der Waals surface area contributed by atoms with E-state index in [1.165, 1.54) is 5.56 Å². The summed E-state index contributed by atoms with van der Waals surface area (Å²) in [6.45, 7) is 7.60. The zero-order valence-corrected chi connectivity index (χ0v) is 21.3. The van der Waals surface area contributed by atoms with E-state index in [-0.39, 0.29) is 5.91 Å². The van der Waals surface area contributed by atoms with Gasteiger partial charge in [-0.25, -0.2) is 0 Å². The normalized spacial score (nSPS) is 13.9. The molecule has 0 saturated carbocycles. The molecule has 1 saturated heterocycles. The van der Waals surface area contributed by atoms with Crippen LogP contribution in [0.4, 0.5) is 11.4 Å². The lowest BCUT2D eigenvalue weighted by Gasteiger charge is -2.37. The van der Waals surface area contributed by atoms with Crippen molar-refractivity contribution < 1.29 is 14.3 Å². The van der Waals surface area contributed by atoms with Gasteiger partial charge >= 0.3 is 0 Å². The van der Waals surface area contributed by atoms with E-state index in [0.29, 0.717) is 23.7 Å². The maximum absolute atomic E-state index is 13.1. The third kappa shape index (κ3) is 6.76. The van der Waals surface area contributed by atoms with Crippen molar-refractivity contribution in [2.75, 3.05) is 56.7 Å². The fraction of sp³-hybridized carbons (Fsp3) is 0.379. The maximum atomic E-state index is 13.1. The number of methoxy groups -OCH3 is 1. The van der Waals surface area contributed by atoms with Crippen LogP contribution in [-0.4, -0.2) is 62.2 Å².